The molecule has 0 N–H and O–H groups in total. The van der Waals surface area contributed by atoms with Crippen LogP contribution in [0.2, 0.25) is 0 Å². The van der Waals surface area contributed by atoms with Gasteiger partial charge in [0.25, 0.3) is 0 Å². The summed E-state index contributed by atoms with van der Waals surface area (Å²) in [5.74, 6) is -0.674. The van der Waals surface area contributed by atoms with E-state index in [0.29, 0.717) is 22.9 Å². The summed E-state index contributed by atoms with van der Waals surface area (Å²) in [5, 5.41) is 0.690. The molecule has 0 aliphatic heterocycles. The Balaban J connectivity index is 1.51. The van der Waals surface area contributed by atoms with Crippen LogP contribution in [0.5, 0.6) is 0 Å². The largest absolute Gasteiger partial charge is 0.465 e. The van der Waals surface area contributed by atoms with Crippen molar-refractivity contribution in [2.24, 2.45) is 0 Å². The molecule has 0 saturated carbocycles. The quantitative estimate of drug-likeness (QED) is 0.286. The fraction of sp³-hybridized carbons (Fsp3) is 0.148. The van der Waals surface area contributed by atoms with Gasteiger partial charge in [-0.15, -0.1) is 0 Å². The Morgan fingerprint density at radius 1 is 1.03 bits per heavy atom. The third kappa shape index (κ3) is 4.20. The zero-order chi connectivity index (χ0) is 22.8. The van der Waals surface area contributed by atoms with Gasteiger partial charge in [0.05, 0.1) is 23.0 Å². The summed E-state index contributed by atoms with van der Waals surface area (Å²) in [6, 6.07) is 16.3. The molecule has 0 bridgehead atoms. The van der Waals surface area contributed by atoms with E-state index in [2.05, 4.69) is 0 Å². The van der Waals surface area contributed by atoms with Crippen LogP contribution in [0, 0.1) is 5.82 Å². The summed E-state index contributed by atoms with van der Waals surface area (Å²) in [7, 11) is 0. The molecule has 1 aliphatic carbocycles. The van der Waals surface area contributed by atoms with Gasteiger partial charge in [0, 0.05) is 10.9 Å². The van der Waals surface area contributed by atoms with Crippen molar-refractivity contribution in [1.82, 2.24) is 4.98 Å². The van der Waals surface area contributed by atoms with Gasteiger partial charge >= 0.3 is 5.97 Å². The predicted molar refractivity (Wildman–Crippen MR) is 122 cm³/mol. The lowest BCUT2D eigenvalue weighted by Gasteiger charge is -2.22. The zero-order valence-corrected chi connectivity index (χ0v) is 17.7. The van der Waals surface area contributed by atoms with Crippen molar-refractivity contribution >= 4 is 34.3 Å². The number of nitrogens with zero attached hydrogens (tertiary/aromatic N) is 1. The number of furan rings is 1. The first-order valence-corrected chi connectivity index (χ1v) is 10.7. The smallest absolute Gasteiger partial charge is 0.339 e. The summed E-state index contributed by atoms with van der Waals surface area (Å²) >= 11 is 0. The first-order valence-electron chi connectivity index (χ1n) is 10.7. The van der Waals surface area contributed by atoms with E-state index in [1.54, 1.807) is 6.26 Å². The van der Waals surface area contributed by atoms with Gasteiger partial charge in [-0.1, -0.05) is 18.2 Å². The number of ether oxygens (including phenoxy) is 1. The molecular weight excluding hydrogens is 421 g/mol. The Bertz CT molecular complexity index is 1370. The maximum absolute atomic E-state index is 13.2. The van der Waals surface area contributed by atoms with E-state index in [1.807, 2.05) is 42.5 Å². The number of carbonyl (C=O) groups excluding carboxylic acids is 2. The lowest BCUT2D eigenvalue weighted by atomic mass is 9.86. The van der Waals surface area contributed by atoms with E-state index in [0.717, 1.165) is 35.4 Å². The highest BCUT2D eigenvalue weighted by Crippen LogP contribution is 2.36. The molecule has 33 heavy (non-hydrogen) atoms. The fourth-order valence-electron chi connectivity index (χ4n) is 4.18. The molecule has 0 unspecified atom stereocenters. The molecule has 0 radical (unpaired) electrons. The Hall–Kier alpha value is -4.06. The highest BCUT2D eigenvalue weighted by atomic mass is 19.1. The molecule has 0 spiro atoms. The molecule has 6 heteroatoms. The van der Waals surface area contributed by atoms with E-state index in [1.165, 1.54) is 24.3 Å². The van der Waals surface area contributed by atoms with Crippen LogP contribution in [0.25, 0.3) is 22.6 Å². The number of benzene rings is 2. The highest BCUT2D eigenvalue weighted by Gasteiger charge is 2.26. The minimum Gasteiger partial charge on any atom is -0.465 e. The van der Waals surface area contributed by atoms with Crippen LogP contribution in [-0.2, 0) is 11.2 Å². The standard InChI is InChI=1S/C27H20FNO4/c28-19-12-10-17(11-13-19)24(30)16-33-27(31)25-21-7-1-2-9-23(21)29-26-18(5-3-8-22(25)26)15-20-6-4-14-32-20/h1-2,4,6-7,9-15H,3,5,8,16H2. The molecule has 2 aromatic carbocycles. The Labute approximate surface area is 189 Å². The molecule has 0 atom stereocenters. The number of pyridine rings is 1. The van der Waals surface area contributed by atoms with Crippen LogP contribution in [-0.4, -0.2) is 23.3 Å². The minimum atomic E-state index is -0.570. The van der Waals surface area contributed by atoms with Gasteiger partial charge in [-0.2, -0.15) is 0 Å². The molecule has 2 heterocycles. The number of fused-ring (bicyclic) bond motifs is 2. The zero-order valence-electron chi connectivity index (χ0n) is 17.7. The lowest BCUT2D eigenvalue weighted by Crippen LogP contribution is -2.18. The second-order valence-corrected chi connectivity index (χ2v) is 7.88. The van der Waals surface area contributed by atoms with E-state index < -0.39 is 24.2 Å². The van der Waals surface area contributed by atoms with Crippen LogP contribution in [0.15, 0.2) is 71.3 Å². The number of rotatable bonds is 5. The van der Waals surface area contributed by atoms with Crippen LogP contribution >= 0.6 is 0 Å². The number of para-hydroxylation sites is 1. The van der Waals surface area contributed by atoms with Gasteiger partial charge < -0.3 is 9.15 Å². The van der Waals surface area contributed by atoms with Crippen molar-refractivity contribution in [3.63, 3.8) is 0 Å². The van der Waals surface area contributed by atoms with E-state index in [9.17, 15) is 14.0 Å². The molecular formula is C27H20FNO4. The molecule has 5 rings (SSSR count). The molecule has 2 aromatic heterocycles. The number of hydrogen-bond acceptors (Lipinski definition) is 5. The minimum absolute atomic E-state index is 0.287. The van der Waals surface area contributed by atoms with E-state index in [4.69, 9.17) is 14.1 Å². The average molecular weight is 441 g/mol. The van der Waals surface area contributed by atoms with Crippen LogP contribution < -0.4 is 0 Å². The van der Waals surface area contributed by atoms with Gasteiger partial charge in [0.1, 0.15) is 11.6 Å². The van der Waals surface area contributed by atoms with Gasteiger partial charge in [0.2, 0.25) is 0 Å². The topological polar surface area (TPSA) is 69.4 Å². The van der Waals surface area contributed by atoms with Gasteiger partial charge in [-0.3, -0.25) is 4.79 Å². The number of hydrogen-bond donors (Lipinski definition) is 0. The second kappa shape index (κ2) is 8.82. The third-order valence-corrected chi connectivity index (χ3v) is 5.73. The predicted octanol–water partition coefficient (Wildman–Crippen LogP) is 5.88. The molecule has 0 saturated heterocycles. The van der Waals surface area contributed by atoms with Crippen molar-refractivity contribution < 1.29 is 23.1 Å². The summed E-state index contributed by atoms with van der Waals surface area (Å²) in [5.41, 5.74) is 3.97. The van der Waals surface area contributed by atoms with E-state index >= 15 is 0 Å². The van der Waals surface area contributed by atoms with E-state index in [-0.39, 0.29) is 5.56 Å². The number of aromatic nitrogens is 1. The Kier molecular flexibility index (Phi) is 5.57. The van der Waals surface area contributed by atoms with Gasteiger partial charge in [0.15, 0.2) is 12.4 Å². The molecule has 0 amide bonds. The molecule has 0 fully saturated rings. The van der Waals surface area contributed by atoms with Crippen LogP contribution in [0.4, 0.5) is 4.39 Å². The van der Waals surface area contributed by atoms with Crippen molar-refractivity contribution in [2.75, 3.05) is 6.61 Å². The van der Waals surface area contributed by atoms with Gasteiger partial charge in [-0.05, 0) is 78.9 Å². The summed E-state index contributed by atoms with van der Waals surface area (Å²) in [4.78, 5) is 30.5. The van der Waals surface area contributed by atoms with Crippen LogP contribution in [0.3, 0.4) is 0 Å². The normalized spacial score (nSPS) is 14.3. The number of Topliss-reactive ketones (excluding diaryl/α,β-unsaturated/α-hetero) is 1. The first kappa shape index (κ1) is 20.8. The van der Waals surface area contributed by atoms with Crippen LogP contribution in [0.1, 0.15) is 50.6 Å². The SMILES string of the molecule is O=C(COC(=O)c1c2c(nc3ccccc13)C(=Cc1ccco1)CCC2)c1ccc(F)cc1. The Morgan fingerprint density at radius 3 is 2.64 bits per heavy atom. The molecule has 5 nitrogen and oxygen atoms in total. The monoisotopic (exact) mass is 441 g/mol. The van der Waals surface area contributed by atoms with Crippen molar-refractivity contribution in [2.45, 2.75) is 19.3 Å². The average Bonchev–Trinajstić information content (AvgIpc) is 3.35. The number of ketones is 1. The summed E-state index contributed by atoms with van der Waals surface area (Å²) in [6.45, 7) is -0.426. The number of allylic oxidation sites excluding steroid dienone is 1. The van der Waals surface area contributed by atoms with Crippen molar-refractivity contribution in [1.29, 1.82) is 0 Å². The maximum Gasteiger partial charge on any atom is 0.339 e. The van der Waals surface area contributed by atoms with Crippen molar-refractivity contribution in [3.8, 4) is 0 Å². The molecule has 4 aromatic rings. The van der Waals surface area contributed by atoms with Crippen molar-refractivity contribution in [3.05, 3.63) is 101 Å². The Morgan fingerprint density at radius 2 is 1.85 bits per heavy atom. The third-order valence-electron chi connectivity index (χ3n) is 5.73. The number of carbonyl (C=O) groups is 2. The molecule has 1 aliphatic rings. The second-order valence-electron chi connectivity index (χ2n) is 7.88. The highest BCUT2D eigenvalue weighted by molar-refractivity contribution is 6.07. The lowest BCUT2D eigenvalue weighted by molar-refractivity contribution is 0.0475. The summed E-state index contributed by atoms with van der Waals surface area (Å²) in [6.07, 6.45) is 5.92. The maximum atomic E-state index is 13.2. The first-order chi connectivity index (χ1) is 16.1. The number of esters is 1. The number of halogens is 1. The molecule has 164 valence electrons. The fourth-order valence-corrected chi connectivity index (χ4v) is 4.18. The summed E-state index contributed by atoms with van der Waals surface area (Å²) < 4.78 is 24.0. The van der Waals surface area contributed by atoms with Gasteiger partial charge in [-0.25, -0.2) is 14.2 Å².